The molecule has 0 amide bonds. The van der Waals surface area contributed by atoms with Gasteiger partial charge in [-0.25, -0.2) is 4.79 Å². The van der Waals surface area contributed by atoms with Gasteiger partial charge in [-0.3, -0.25) is 0 Å². The van der Waals surface area contributed by atoms with E-state index in [9.17, 15) is 4.79 Å². The molecule has 1 unspecified atom stereocenters. The van der Waals surface area contributed by atoms with Crippen molar-refractivity contribution in [1.82, 2.24) is 0 Å². The number of rotatable bonds is 2. The number of hydrogen-bond acceptors (Lipinski definition) is 3. The van der Waals surface area contributed by atoms with Crippen LogP contribution in [-0.2, 0) is 9.63 Å². The van der Waals surface area contributed by atoms with Crippen molar-refractivity contribution in [3.63, 3.8) is 0 Å². The summed E-state index contributed by atoms with van der Waals surface area (Å²) in [5.74, 6) is -1.02. The molecule has 0 aliphatic carbocycles. The second kappa shape index (κ2) is 4.43. The van der Waals surface area contributed by atoms with Crippen molar-refractivity contribution in [3.8, 4) is 0 Å². The monoisotopic (exact) mass is 303 g/mol. The maximum atomic E-state index is 10.7. The normalized spacial score (nSPS) is 19.1. The number of benzene rings is 1. The van der Waals surface area contributed by atoms with Crippen LogP contribution in [-0.4, -0.2) is 22.9 Å². The lowest BCUT2D eigenvalue weighted by Crippen LogP contribution is -2.19. The van der Waals surface area contributed by atoms with Crippen molar-refractivity contribution in [1.29, 1.82) is 0 Å². The van der Waals surface area contributed by atoms with Gasteiger partial charge in [-0.15, -0.1) is 0 Å². The predicted octanol–water partition coefficient (Wildman–Crippen LogP) is 2.68. The number of halogens is 2. The standard InChI is InChI=1S/C10H7BrClNO3/c11-5-1-2-6(7(12)3-5)8-4-9(10(14)15)16-13-8/h1-3,9H,4H2,(H,14,15). The van der Waals surface area contributed by atoms with Crippen molar-refractivity contribution in [2.45, 2.75) is 12.5 Å². The molecule has 1 atom stereocenters. The third-order valence-electron chi connectivity index (χ3n) is 2.19. The van der Waals surface area contributed by atoms with E-state index in [0.29, 0.717) is 16.3 Å². The molecule has 84 valence electrons. The second-order valence-corrected chi connectivity index (χ2v) is 4.62. The van der Waals surface area contributed by atoms with E-state index in [-0.39, 0.29) is 6.42 Å². The SMILES string of the molecule is O=C(O)C1CC(c2ccc(Br)cc2Cl)=NO1. The van der Waals surface area contributed by atoms with Gasteiger partial charge in [0.05, 0.1) is 10.7 Å². The Kier molecular flexibility index (Phi) is 3.16. The highest BCUT2D eigenvalue weighted by atomic mass is 79.9. The van der Waals surface area contributed by atoms with Gasteiger partial charge in [0, 0.05) is 16.5 Å². The van der Waals surface area contributed by atoms with Crippen LogP contribution in [0.3, 0.4) is 0 Å². The van der Waals surface area contributed by atoms with E-state index in [2.05, 4.69) is 21.1 Å². The highest BCUT2D eigenvalue weighted by Gasteiger charge is 2.29. The fraction of sp³-hybridized carbons (Fsp3) is 0.200. The Morgan fingerprint density at radius 1 is 1.62 bits per heavy atom. The summed E-state index contributed by atoms with van der Waals surface area (Å²) in [5.41, 5.74) is 1.26. The number of hydrogen-bond donors (Lipinski definition) is 1. The summed E-state index contributed by atoms with van der Waals surface area (Å²) in [7, 11) is 0. The molecule has 2 rings (SSSR count). The van der Waals surface area contributed by atoms with Gasteiger partial charge in [0.25, 0.3) is 0 Å². The molecule has 1 aromatic rings. The lowest BCUT2D eigenvalue weighted by Gasteiger charge is -2.03. The highest BCUT2D eigenvalue weighted by molar-refractivity contribution is 9.10. The van der Waals surface area contributed by atoms with Gasteiger partial charge < -0.3 is 9.94 Å². The topological polar surface area (TPSA) is 58.9 Å². The summed E-state index contributed by atoms with van der Waals surface area (Å²) in [6.07, 6.45) is -0.675. The van der Waals surface area contributed by atoms with Gasteiger partial charge >= 0.3 is 5.97 Å². The van der Waals surface area contributed by atoms with Crippen molar-refractivity contribution in [3.05, 3.63) is 33.3 Å². The van der Waals surface area contributed by atoms with Crippen LogP contribution in [0, 0.1) is 0 Å². The Balaban J connectivity index is 2.24. The summed E-state index contributed by atoms with van der Waals surface area (Å²) in [6, 6.07) is 5.32. The lowest BCUT2D eigenvalue weighted by molar-refractivity contribution is -0.148. The van der Waals surface area contributed by atoms with E-state index in [1.54, 1.807) is 12.1 Å². The number of carboxylic acids is 1. The first-order valence-corrected chi connectivity index (χ1v) is 5.66. The van der Waals surface area contributed by atoms with Crippen LogP contribution >= 0.6 is 27.5 Å². The van der Waals surface area contributed by atoms with Crippen LogP contribution in [0.25, 0.3) is 0 Å². The zero-order valence-electron chi connectivity index (χ0n) is 7.98. The summed E-state index contributed by atoms with van der Waals surface area (Å²) in [4.78, 5) is 15.5. The Morgan fingerprint density at radius 2 is 2.38 bits per heavy atom. The first kappa shape index (κ1) is 11.4. The Morgan fingerprint density at radius 3 is 2.94 bits per heavy atom. The number of oxime groups is 1. The molecule has 1 aromatic carbocycles. The van der Waals surface area contributed by atoms with Crippen LogP contribution in [0.4, 0.5) is 0 Å². The van der Waals surface area contributed by atoms with Crippen LogP contribution in [0.15, 0.2) is 27.8 Å². The molecule has 0 bridgehead atoms. The third kappa shape index (κ3) is 2.20. The van der Waals surface area contributed by atoms with E-state index in [1.165, 1.54) is 0 Å². The van der Waals surface area contributed by atoms with Crippen LogP contribution in [0.5, 0.6) is 0 Å². The molecule has 1 N–H and O–H groups in total. The average molecular weight is 305 g/mol. The van der Waals surface area contributed by atoms with Gasteiger partial charge in [0.1, 0.15) is 0 Å². The summed E-state index contributed by atoms with van der Waals surface area (Å²) in [6.45, 7) is 0. The van der Waals surface area contributed by atoms with Crippen LogP contribution < -0.4 is 0 Å². The van der Waals surface area contributed by atoms with Gasteiger partial charge in [-0.1, -0.05) is 38.8 Å². The van der Waals surface area contributed by atoms with Crippen LogP contribution in [0.2, 0.25) is 5.02 Å². The molecule has 0 spiro atoms. The molecule has 1 heterocycles. The maximum Gasteiger partial charge on any atom is 0.348 e. The molecule has 16 heavy (non-hydrogen) atoms. The zero-order chi connectivity index (χ0) is 11.7. The average Bonchev–Trinajstić information content (AvgIpc) is 2.66. The third-order valence-corrected chi connectivity index (χ3v) is 2.99. The maximum absolute atomic E-state index is 10.7. The highest BCUT2D eigenvalue weighted by Crippen LogP contribution is 2.26. The predicted molar refractivity (Wildman–Crippen MR) is 62.8 cm³/mol. The van der Waals surface area contributed by atoms with Gasteiger partial charge in [-0.2, -0.15) is 0 Å². The smallest absolute Gasteiger partial charge is 0.348 e. The van der Waals surface area contributed by atoms with Crippen molar-refractivity contribution in [2.75, 3.05) is 0 Å². The quantitative estimate of drug-likeness (QED) is 0.914. The molecule has 6 heteroatoms. The summed E-state index contributed by atoms with van der Waals surface area (Å²) < 4.78 is 0.857. The number of aliphatic carboxylic acids is 1. The molecule has 4 nitrogen and oxygen atoms in total. The number of nitrogens with zero attached hydrogens (tertiary/aromatic N) is 1. The number of carbonyl (C=O) groups is 1. The molecule has 0 saturated heterocycles. The Labute approximate surface area is 105 Å². The first-order chi connectivity index (χ1) is 7.58. The second-order valence-electron chi connectivity index (χ2n) is 3.30. The molecular weight excluding hydrogens is 297 g/mol. The Hall–Kier alpha value is -1.07. The largest absolute Gasteiger partial charge is 0.478 e. The van der Waals surface area contributed by atoms with E-state index in [1.807, 2.05) is 6.07 Å². The van der Waals surface area contributed by atoms with Gasteiger partial charge in [0.15, 0.2) is 0 Å². The molecule has 0 aromatic heterocycles. The van der Waals surface area contributed by atoms with E-state index >= 15 is 0 Å². The first-order valence-electron chi connectivity index (χ1n) is 4.49. The van der Waals surface area contributed by atoms with Crippen molar-refractivity contribution >= 4 is 39.2 Å². The van der Waals surface area contributed by atoms with E-state index in [4.69, 9.17) is 21.5 Å². The zero-order valence-corrected chi connectivity index (χ0v) is 10.3. The van der Waals surface area contributed by atoms with E-state index < -0.39 is 12.1 Å². The summed E-state index contributed by atoms with van der Waals surface area (Å²) >= 11 is 9.31. The molecule has 1 aliphatic heterocycles. The molecular formula is C10H7BrClNO3. The molecule has 0 fully saturated rings. The summed E-state index contributed by atoms with van der Waals surface area (Å²) in [5, 5.41) is 13.0. The fourth-order valence-electron chi connectivity index (χ4n) is 1.39. The fourth-order valence-corrected chi connectivity index (χ4v) is 2.17. The van der Waals surface area contributed by atoms with Gasteiger partial charge in [-0.05, 0) is 12.1 Å². The van der Waals surface area contributed by atoms with Gasteiger partial charge in [0.2, 0.25) is 6.10 Å². The van der Waals surface area contributed by atoms with Crippen molar-refractivity contribution in [2.24, 2.45) is 5.16 Å². The van der Waals surface area contributed by atoms with E-state index in [0.717, 1.165) is 4.47 Å². The molecule has 0 saturated carbocycles. The minimum atomic E-state index is -1.02. The Bertz CT molecular complexity index is 475. The molecule has 0 radical (unpaired) electrons. The van der Waals surface area contributed by atoms with Crippen LogP contribution in [0.1, 0.15) is 12.0 Å². The molecule has 1 aliphatic rings. The minimum absolute atomic E-state index is 0.233. The van der Waals surface area contributed by atoms with Crippen molar-refractivity contribution < 1.29 is 14.7 Å². The minimum Gasteiger partial charge on any atom is -0.478 e. The lowest BCUT2D eigenvalue weighted by atomic mass is 10.1. The number of carboxylic acid groups (broad SMARTS) is 1.